The quantitative estimate of drug-likeness (QED) is 0.518. The molecule has 3 aromatic heterocycles. The van der Waals surface area contributed by atoms with Gasteiger partial charge in [0, 0.05) is 18.3 Å². The number of aryl methyl sites for hydroxylation is 2. The van der Waals surface area contributed by atoms with Gasteiger partial charge in [0.25, 0.3) is 0 Å². The van der Waals surface area contributed by atoms with Crippen LogP contribution in [0, 0.1) is 19.8 Å². The first kappa shape index (κ1) is 23.9. The van der Waals surface area contributed by atoms with Crippen LogP contribution in [0.4, 0.5) is 19.1 Å². The van der Waals surface area contributed by atoms with Crippen LogP contribution >= 0.6 is 0 Å². The summed E-state index contributed by atoms with van der Waals surface area (Å²) in [6.45, 7) is 7.43. The summed E-state index contributed by atoms with van der Waals surface area (Å²) in [6, 6.07) is 0.574. The highest BCUT2D eigenvalue weighted by molar-refractivity contribution is 5.70. The van der Waals surface area contributed by atoms with Gasteiger partial charge >= 0.3 is 6.18 Å². The fourth-order valence-corrected chi connectivity index (χ4v) is 4.26. The highest BCUT2D eigenvalue weighted by atomic mass is 19.4. The number of hydrogen-bond acceptors (Lipinski definition) is 7. The van der Waals surface area contributed by atoms with Gasteiger partial charge in [0.05, 0.1) is 48.4 Å². The third-order valence-corrected chi connectivity index (χ3v) is 6.85. The molecule has 35 heavy (non-hydrogen) atoms. The summed E-state index contributed by atoms with van der Waals surface area (Å²) in [5.74, 6) is -0.294. The minimum Gasteiger partial charge on any atom is -0.367 e. The molecule has 0 aromatic carbocycles. The molecule has 0 amide bonds. The Balaban J connectivity index is 0.000000271. The van der Waals surface area contributed by atoms with Crippen LogP contribution in [0.2, 0.25) is 0 Å². The molecule has 3 aliphatic rings. The Hall–Kier alpha value is -2.82. The number of ether oxygens (including phenoxy) is 1. The first-order valence-corrected chi connectivity index (χ1v) is 12.2. The molecule has 6 rings (SSSR count). The predicted octanol–water partition coefficient (Wildman–Crippen LogP) is 4.88. The zero-order chi connectivity index (χ0) is 24.7. The van der Waals surface area contributed by atoms with Gasteiger partial charge in [0.15, 0.2) is 5.65 Å². The summed E-state index contributed by atoms with van der Waals surface area (Å²) in [7, 11) is 0. The summed E-state index contributed by atoms with van der Waals surface area (Å²) < 4.78 is 42.7. The molecule has 11 heteroatoms. The van der Waals surface area contributed by atoms with E-state index in [1.165, 1.54) is 12.8 Å². The average Bonchev–Trinajstić information content (AvgIpc) is 3.48. The van der Waals surface area contributed by atoms with Gasteiger partial charge in [0.2, 0.25) is 5.95 Å². The highest BCUT2D eigenvalue weighted by Crippen LogP contribution is 2.40. The van der Waals surface area contributed by atoms with E-state index in [-0.39, 0.29) is 12.2 Å². The zero-order valence-electron chi connectivity index (χ0n) is 20.2. The van der Waals surface area contributed by atoms with E-state index in [1.54, 1.807) is 6.20 Å². The molecule has 1 saturated heterocycles. The molecule has 0 N–H and O–H groups in total. The molecule has 2 atom stereocenters. The topological polar surface area (TPSA) is 81.9 Å². The maximum absolute atomic E-state index is 11.5. The molecule has 188 valence electrons. The minimum absolute atomic E-state index is 0.0358. The standard InChI is InChI=1S/C19H23N7O.C5H7F3/c1-11-8-25(10-17(27-11)14-6-21-26(9-14)15-4-5-15)19-20-7-16-18(24-19)23-13(3)12(2)22-16;6-5(7,8)4-2-1-3-4/h6-7,9,11,15,17H,4-5,8,10H2,1-3H3;4H,1-3H2/t11-,17?;/m1./s1. The van der Waals surface area contributed by atoms with Crippen LogP contribution in [-0.4, -0.2) is 55.1 Å². The Morgan fingerprint density at radius 2 is 1.71 bits per heavy atom. The summed E-state index contributed by atoms with van der Waals surface area (Å²) in [5.41, 5.74) is 4.29. The molecule has 0 radical (unpaired) electrons. The van der Waals surface area contributed by atoms with Crippen molar-refractivity contribution in [3.8, 4) is 0 Å². The van der Waals surface area contributed by atoms with E-state index in [0.717, 1.165) is 35.4 Å². The van der Waals surface area contributed by atoms with Gasteiger partial charge in [-0.3, -0.25) is 4.68 Å². The summed E-state index contributed by atoms with van der Waals surface area (Å²) >= 11 is 0. The van der Waals surface area contributed by atoms with Crippen molar-refractivity contribution in [3.05, 3.63) is 35.5 Å². The van der Waals surface area contributed by atoms with Crippen LogP contribution in [0.25, 0.3) is 11.2 Å². The Morgan fingerprint density at radius 3 is 2.34 bits per heavy atom. The van der Waals surface area contributed by atoms with Gasteiger partial charge < -0.3 is 9.64 Å². The summed E-state index contributed by atoms with van der Waals surface area (Å²) in [4.78, 5) is 20.5. The minimum atomic E-state index is -3.90. The lowest BCUT2D eigenvalue weighted by Gasteiger charge is -2.36. The molecule has 1 aliphatic heterocycles. The van der Waals surface area contributed by atoms with Crippen molar-refractivity contribution in [1.82, 2.24) is 29.7 Å². The maximum atomic E-state index is 11.5. The van der Waals surface area contributed by atoms with Crippen LogP contribution in [-0.2, 0) is 4.74 Å². The molecule has 4 heterocycles. The summed E-state index contributed by atoms with van der Waals surface area (Å²) in [5, 5.41) is 4.50. The van der Waals surface area contributed by atoms with Crippen LogP contribution in [0.15, 0.2) is 18.6 Å². The molecule has 0 spiro atoms. The molecule has 3 fully saturated rings. The van der Waals surface area contributed by atoms with Gasteiger partial charge in [-0.2, -0.15) is 23.3 Å². The van der Waals surface area contributed by atoms with E-state index >= 15 is 0 Å². The molecule has 2 saturated carbocycles. The Bertz CT molecular complexity index is 1190. The fourth-order valence-electron chi connectivity index (χ4n) is 4.26. The number of rotatable bonds is 3. The maximum Gasteiger partial charge on any atom is 0.391 e. The van der Waals surface area contributed by atoms with Crippen molar-refractivity contribution in [2.24, 2.45) is 5.92 Å². The van der Waals surface area contributed by atoms with Gasteiger partial charge in [-0.25, -0.2) is 15.0 Å². The lowest BCUT2D eigenvalue weighted by Crippen LogP contribution is -2.43. The van der Waals surface area contributed by atoms with Crippen molar-refractivity contribution in [2.75, 3.05) is 18.0 Å². The van der Waals surface area contributed by atoms with E-state index in [9.17, 15) is 13.2 Å². The zero-order valence-corrected chi connectivity index (χ0v) is 20.2. The molecule has 1 unspecified atom stereocenters. The van der Waals surface area contributed by atoms with E-state index in [1.807, 2.05) is 20.0 Å². The number of morpholine rings is 1. The smallest absolute Gasteiger partial charge is 0.367 e. The fraction of sp³-hybridized carbons (Fsp3) is 0.625. The van der Waals surface area contributed by atoms with Crippen molar-refractivity contribution in [3.63, 3.8) is 0 Å². The van der Waals surface area contributed by atoms with Crippen molar-refractivity contribution in [1.29, 1.82) is 0 Å². The molecule has 0 bridgehead atoms. The van der Waals surface area contributed by atoms with Gasteiger partial charge in [0.1, 0.15) is 11.6 Å². The second kappa shape index (κ2) is 9.33. The van der Waals surface area contributed by atoms with Crippen molar-refractivity contribution >= 4 is 17.1 Å². The third-order valence-electron chi connectivity index (χ3n) is 6.85. The third kappa shape index (κ3) is 5.39. The molecule has 2 aliphatic carbocycles. The summed E-state index contributed by atoms with van der Waals surface area (Å²) in [6.07, 6.45) is 5.85. The molecule has 8 nitrogen and oxygen atoms in total. The highest BCUT2D eigenvalue weighted by Gasteiger charge is 2.42. The number of alkyl halides is 3. The van der Waals surface area contributed by atoms with Crippen LogP contribution in [0.1, 0.15) is 68.1 Å². The lowest BCUT2D eigenvalue weighted by atomic mass is 9.85. The van der Waals surface area contributed by atoms with Crippen LogP contribution < -0.4 is 4.90 Å². The predicted molar refractivity (Wildman–Crippen MR) is 124 cm³/mol. The number of hydrogen-bond donors (Lipinski definition) is 0. The van der Waals surface area contributed by atoms with E-state index < -0.39 is 12.1 Å². The number of anilines is 1. The molecular weight excluding hydrogens is 459 g/mol. The van der Waals surface area contributed by atoms with Gasteiger partial charge in [-0.05, 0) is 46.5 Å². The molecule has 3 aromatic rings. The Kier molecular flexibility index (Phi) is 6.37. The van der Waals surface area contributed by atoms with Crippen LogP contribution in [0.3, 0.4) is 0 Å². The van der Waals surface area contributed by atoms with E-state index in [2.05, 4.69) is 47.7 Å². The largest absolute Gasteiger partial charge is 0.391 e. The SMILES string of the molecule is Cc1nc2cnc(N3CC(c4cnn(C5CC5)c4)O[C@H](C)C3)nc2nc1C.FC(F)(F)C1CCC1. The van der Waals surface area contributed by atoms with Gasteiger partial charge in [-0.15, -0.1) is 0 Å². The van der Waals surface area contributed by atoms with Crippen molar-refractivity contribution in [2.45, 2.75) is 77.3 Å². The monoisotopic (exact) mass is 489 g/mol. The lowest BCUT2D eigenvalue weighted by molar-refractivity contribution is -0.193. The first-order valence-electron chi connectivity index (χ1n) is 12.2. The Morgan fingerprint density at radius 1 is 0.971 bits per heavy atom. The normalized spacial score (nSPS) is 23.1. The number of aromatic nitrogens is 6. The Labute approximate surface area is 201 Å². The van der Waals surface area contributed by atoms with E-state index in [4.69, 9.17) is 4.74 Å². The number of nitrogens with zero attached hydrogens (tertiary/aromatic N) is 7. The molecular formula is C24H30F3N7O. The van der Waals surface area contributed by atoms with Crippen LogP contribution in [0.5, 0.6) is 0 Å². The van der Waals surface area contributed by atoms with E-state index in [0.29, 0.717) is 37.0 Å². The second-order valence-corrected chi connectivity index (χ2v) is 9.77. The van der Waals surface area contributed by atoms with Gasteiger partial charge in [-0.1, -0.05) is 6.42 Å². The average molecular weight is 490 g/mol. The first-order chi connectivity index (χ1) is 16.7. The number of halogens is 3. The van der Waals surface area contributed by atoms with Crippen molar-refractivity contribution < 1.29 is 17.9 Å². The second-order valence-electron chi connectivity index (χ2n) is 9.77. The number of fused-ring (bicyclic) bond motifs is 1.